The predicted octanol–water partition coefficient (Wildman–Crippen LogP) is 3.42. The minimum absolute atomic E-state index is 0.0903. The summed E-state index contributed by atoms with van der Waals surface area (Å²) in [6, 6.07) is 0. The first-order valence-corrected chi connectivity index (χ1v) is 5.86. The van der Waals surface area contributed by atoms with Crippen LogP contribution >= 0.6 is 11.6 Å². The van der Waals surface area contributed by atoms with Crippen LogP contribution in [-0.2, 0) is 0 Å². The molecule has 0 saturated carbocycles. The highest BCUT2D eigenvalue weighted by Crippen LogP contribution is 2.16. The molecule has 1 nitrogen and oxygen atoms in total. The maximum atomic E-state index is 9.67. The molecule has 0 spiro atoms. The summed E-state index contributed by atoms with van der Waals surface area (Å²) in [4.78, 5) is 0. The van der Waals surface area contributed by atoms with Gasteiger partial charge in [-0.05, 0) is 38.5 Å². The Morgan fingerprint density at radius 2 is 1.36 bits per heavy atom. The molecule has 1 N–H and O–H groups in total. The van der Waals surface area contributed by atoms with E-state index in [4.69, 9.17) is 11.6 Å². The average molecular weight is 215 g/mol. The molecule has 0 aromatic rings. The first kappa shape index (κ1) is 11.8. The van der Waals surface area contributed by atoms with Crippen molar-refractivity contribution in [2.75, 3.05) is 0 Å². The molecule has 80 valence electrons. The van der Waals surface area contributed by atoms with Crippen molar-refractivity contribution in [3.8, 4) is 0 Å². The van der Waals surface area contributed by atoms with E-state index in [0.29, 0.717) is 0 Å². The molecule has 1 aliphatic rings. The lowest BCUT2D eigenvalue weighted by Gasteiger charge is -2.15. The van der Waals surface area contributed by atoms with Crippen LogP contribution in [0, 0.1) is 0 Å². The van der Waals surface area contributed by atoms with E-state index < -0.39 is 0 Å². The van der Waals surface area contributed by atoms with E-state index in [9.17, 15) is 5.11 Å². The summed E-state index contributed by atoms with van der Waals surface area (Å²) in [7, 11) is 0. The predicted molar refractivity (Wildman–Crippen MR) is 61.6 cm³/mol. The highest BCUT2D eigenvalue weighted by Gasteiger charge is 2.14. The van der Waals surface area contributed by atoms with E-state index in [1.54, 1.807) is 0 Å². The molecule has 1 aliphatic carbocycles. The lowest BCUT2D eigenvalue weighted by atomic mass is 10.0. The van der Waals surface area contributed by atoms with Gasteiger partial charge in [0.15, 0.2) is 0 Å². The van der Waals surface area contributed by atoms with Crippen LogP contribution in [0.15, 0.2) is 24.3 Å². The topological polar surface area (TPSA) is 20.2 Å². The molecule has 0 unspecified atom stereocenters. The maximum absolute atomic E-state index is 9.67. The third kappa shape index (κ3) is 4.83. The van der Waals surface area contributed by atoms with Crippen LogP contribution in [-0.4, -0.2) is 16.6 Å². The van der Waals surface area contributed by atoms with E-state index in [-0.39, 0.29) is 11.5 Å². The summed E-state index contributed by atoms with van der Waals surface area (Å²) in [6.45, 7) is 0. The first-order chi connectivity index (χ1) is 6.80. The van der Waals surface area contributed by atoms with Gasteiger partial charge in [-0.3, -0.25) is 0 Å². The molecule has 0 aliphatic heterocycles. The van der Waals surface area contributed by atoms with Gasteiger partial charge in [0.05, 0.1) is 11.5 Å². The Morgan fingerprint density at radius 1 is 0.857 bits per heavy atom. The molecule has 0 fully saturated rings. The molecule has 0 heterocycles. The fraction of sp³-hybridized carbons (Fsp3) is 0.667. The van der Waals surface area contributed by atoms with E-state index in [1.807, 2.05) is 0 Å². The molecule has 2 atom stereocenters. The quantitative estimate of drug-likeness (QED) is 0.484. The largest absolute Gasteiger partial charge is 0.392 e. The van der Waals surface area contributed by atoms with Gasteiger partial charge in [0.25, 0.3) is 0 Å². The van der Waals surface area contributed by atoms with Crippen molar-refractivity contribution >= 4 is 11.6 Å². The molecule has 2 heteroatoms. The number of hydrogen-bond donors (Lipinski definition) is 1. The molecule has 0 bridgehead atoms. The van der Waals surface area contributed by atoms with Gasteiger partial charge < -0.3 is 5.11 Å². The molecular weight excluding hydrogens is 196 g/mol. The fourth-order valence-electron chi connectivity index (χ4n) is 1.56. The van der Waals surface area contributed by atoms with Gasteiger partial charge in [0.1, 0.15) is 0 Å². The summed E-state index contributed by atoms with van der Waals surface area (Å²) in [5, 5.41) is 9.58. The zero-order chi connectivity index (χ0) is 10.2. The van der Waals surface area contributed by atoms with Crippen molar-refractivity contribution in [2.45, 2.75) is 50.0 Å². The molecule has 0 radical (unpaired) electrons. The van der Waals surface area contributed by atoms with Gasteiger partial charge in [-0.25, -0.2) is 0 Å². The van der Waals surface area contributed by atoms with Gasteiger partial charge in [-0.1, -0.05) is 24.3 Å². The summed E-state index contributed by atoms with van der Waals surface area (Å²) in [5.41, 5.74) is 0. The normalized spacial score (nSPS) is 35.3. The van der Waals surface area contributed by atoms with Crippen LogP contribution in [0.3, 0.4) is 0 Å². The molecular formula is C12H19ClO. The second-order valence-electron chi connectivity index (χ2n) is 3.76. The van der Waals surface area contributed by atoms with E-state index in [2.05, 4.69) is 24.3 Å². The van der Waals surface area contributed by atoms with Crippen molar-refractivity contribution in [3.63, 3.8) is 0 Å². The molecule has 0 aromatic heterocycles. The smallest absolute Gasteiger partial charge is 0.0706 e. The Hall–Kier alpha value is -0.270. The average Bonchev–Trinajstić information content (AvgIpc) is 2.18. The van der Waals surface area contributed by atoms with Gasteiger partial charge in [0, 0.05) is 0 Å². The first-order valence-electron chi connectivity index (χ1n) is 5.43. The fourth-order valence-corrected chi connectivity index (χ4v) is 1.81. The van der Waals surface area contributed by atoms with Crippen molar-refractivity contribution in [1.29, 1.82) is 0 Å². The Morgan fingerprint density at radius 3 is 2.00 bits per heavy atom. The van der Waals surface area contributed by atoms with Crippen molar-refractivity contribution in [3.05, 3.63) is 24.3 Å². The van der Waals surface area contributed by atoms with Crippen LogP contribution in [0.25, 0.3) is 0 Å². The number of halogens is 1. The number of aliphatic hydroxyl groups is 1. The standard InChI is InChI=1S/C12H19ClO/c13-11-9-7-5-3-1-2-4-6-8-10-12(11)14/h3-6,11-12,14H,1-2,7-10H2/b5-3+,6-4+/t11-,12+/m1/s1. The summed E-state index contributed by atoms with van der Waals surface area (Å²) < 4.78 is 0. The van der Waals surface area contributed by atoms with Crippen LogP contribution < -0.4 is 0 Å². The second kappa shape index (κ2) is 7.08. The highest BCUT2D eigenvalue weighted by molar-refractivity contribution is 6.21. The van der Waals surface area contributed by atoms with Crippen LogP contribution in [0.2, 0.25) is 0 Å². The number of allylic oxidation sites excluding steroid dienone is 4. The summed E-state index contributed by atoms with van der Waals surface area (Å²) in [6.07, 6.45) is 14.1. The third-order valence-corrected chi connectivity index (χ3v) is 3.00. The summed E-state index contributed by atoms with van der Waals surface area (Å²) >= 11 is 6.06. The Kier molecular flexibility index (Phi) is 5.97. The van der Waals surface area contributed by atoms with Crippen LogP contribution in [0.4, 0.5) is 0 Å². The Labute approximate surface area is 91.5 Å². The monoisotopic (exact) mass is 214 g/mol. The zero-order valence-corrected chi connectivity index (χ0v) is 9.29. The lowest BCUT2D eigenvalue weighted by molar-refractivity contribution is 0.157. The molecule has 0 amide bonds. The molecule has 1 rings (SSSR count). The minimum atomic E-state index is -0.353. The zero-order valence-electron chi connectivity index (χ0n) is 8.53. The van der Waals surface area contributed by atoms with Crippen molar-refractivity contribution in [2.24, 2.45) is 0 Å². The SMILES string of the molecule is O[C@H]1CC/C=C/CC/C=C/CC[C@H]1Cl. The van der Waals surface area contributed by atoms with Crippen LogP contribution in [0.5, 0.6) is 0 Å². The number of alkyl halides is 1. The molecule has 0 saturated heterocycles. The van der Waals surface area contributed by atoms with E-state index >= 15 is 0 Å². The molecule has 0 aromatic carbocycles. The van der Waals surface area contributed by atoms with Gasteiger partial charge >= 0.3 is 0 Å². The Balaban J connectivity index is 2.41. The lowest BCUT2D eigenvalue weighted by Crippen LogP contribution is -2.20. The maximum Gasteiger partial charge on any atom is 0.0706 e. The number of rotatable bonds is 0. The van der Waals surface area contributed by atoms with Gasteiger partial charge in [0.2, 0.25) is 0 Å². The Bertz CT molecular complexity index is 176. The summed E-state index contributed by atoms with van der Waals surface area (Å²) in [5.74, 6) is 0. The minimum Gasteiger partial charge on any atom is -0.392 e. The second-order valence-corrected chi connectivity index (χ2v) is 4.32. The number of hydrogen-bond acceptors (Lipinski definition) is 1. The molecule has 14 heavy (non-hydrogen) atoms. The van der Waals surface area contributed by atoms with E-state index in [0.717, 1.165) is 38.5 Å². The third-order valence-electron chi connectivity index (χ3n) is 2.49. The highest BCUT2D eigenvalue weighted by atomic mass is 35.5. The van der Waals surface area contributed by atoms with Crippen molar-refractivity contribution in [1.82, 2.24) is 0 Å². The van der Waals surface area contributed by atoms with E-state index in [1.165, 1.54) is 0 Å². The van der Waals surface area contributed by atoms with Gasteiger partial charge in [-0.2, -0.15) is 0 Å². The van der Waals surface area contributed by atoms with Crippen LogP contribution in [0.1, 0.15) is 38.5 Å². The number of aliphatic hydroxyl groups excluding tert-OH is 1. The van der Waals surface area contributed by atoms with Crippen molar-refractivity contribution < 1.29 is 5.11 Å². The van der Waals surface area contributed by atoms with Gasteiger partial charge in [-0.15, -0.1) is 11.6 Å².